The van der Waals surface area contributed by atoms with Gasteiger partial charge in [-0.25, -0.2) is 14.2 Å². The Morgan fingerprint density at radius 2 is 2.07 bits per heavy atom. The number of hydrogen-bond acceptors (Lipinski definition) is 4. The number of carbonyl (C=O) groups is 1. The number of aromatic nitrogens is 1. The molecular weight excluding hydrogens is 365 g/mol. The maximum absolute atomic E-state index is 13.2. The molecule has 4 rings (SSSR count). The number of nitrogens with zero attached hydrogens (tertiary/aromatic N) is 2. The molecule has 2 aromatic carbocycles. The third kappa shape index (κ3) is 4.09. The molecule has 0 bridgehead atoms. The molecule has 0 aliphatic heterocycles. The summed E-state index contributed by atoms with van der Waals surface area (Å²) < 4.78 is 18.8. The third-order valence-electron chi connectivity index (χ3n) is 4.33. The summed E-state index contributed by atoms with van der Waals surface area (Å²) in [6, 6.07) is 13.6. The summed E-state index contributed by atoms with van der Waals surface area (Å²) >= 11 is 1.18. The van der Waals surface area contributed by atoms with Crippen LogP contribution in [0, 0.1) is 5.82 Å². The first-order valence-electron chi connectivity index (χ1n) is 8.63. The molecule has 1 fully saturated rings. The lowest BCUT2D eigenvalue weighted by molar-refractivity contribution is 0.258. The van der Waals surface area contributed by atoms with Crippen LogP contribution in [0.3, 0.4) is 0 Å². The lowest BCUT2D eigenvalue weighted by Crippen LogP contribution is -2.31. The minimum absolute atomic E-state index is 0.269. The average Bonchev–Trinajstić information content (AvgIpc) is 3.42. The second-order valence-electron chi connectivity index (χ2n) is 6.37. The van der Waals surface area contributed by atoms with E-state index in [1.165, 1.54) is 48.1 Å². The molecule has 0 unspecified atom stereocenters. The Morgan fingerprint density at radius 1 is 1.26 bits per heavy atom. The number of halogens is 1. The number of nitrogens with one attached hydrogen (secondary N) is 1. The molecule has 5 nitrogen and oxygen atoms in total. The molecule has 7 heteroatoms. The van der Waals surface area contributed by atoms with Crippen LogP contribution in [0.5, 0.6) is 10.8 Å². The van der Waals surface area contributed by atoms with Crippen LogP contribution in [0.4, 0.5) is 20.0 Å². The van der Waals surface area contributed by atoms with Crippen LogP contribution in [0.1, 0.15) is 24.3 Å². The Balaban J connectivity index is 1.43. The predicted octanol–water partition coefficient (Wildman–Crippen LogP) is 5.62. The van der Waals surface area contributed by atoms with Crippen LogP contribution >= 0.6 is 11.3 Å². The predicted molar refractivity (Wildman–Crippen MR) is 104 cm³/mol. The molecule has 1 N–H and O–H groups in total. The maximum Gasteiger partial charge on any atom is 0.327 e. The Morgan fingerprint density at radius 3 is 2.85 bits per heavy atom. The molecule has 0 radical (unpaired) electrons. The molecular formula is C20H18FN3O2S. The number of anilines is 2. The number of hydrogen-bond donors (Lipinski definition) is 1. The molecule has 0 saturated heterocycles. The largest absolute Gasteiger partial charge is 0.445 e. The van der Waals surface area contributed by atoms with Gasteiger partial charge in [0.25, 0.3) is 0 Å². The highest BCUT2D eigenvalue weighted by Gasteiger charge is 2.28. The molecule has 1 saturated carbocycles. The van der Waals surface area contributed by atoms with E-state index in [2.05, 4.69) is 16.4 Å². The van der Waals surface area contributed by atoms with Crippen molar-refractivity contribution in [3.63, 3.8) is 0 Å². The second kappa shape index (κ2) is 7.36. The monoisotopic (exact) mass is 383 g/mol. The number of para-hydroxylation sites is 1. The summed E-state index contributed by atoms with van der Waals surface area (Å²) in [5.41, 5.74) is 2.11. The Labute approximate surface area is 160 Å². The van der Waals surface area contributed by atoms with Gasteiger partial charge in [0.2, 0.25) is 5.06 Å². The smallest absolute Gasteiger partial charge is 0.327 e. The van der Waals surface area contributed by atoms with E-state index in [1.807, 2.05) is 18.2 Å². The number of carbonyl (C=O) groups excluding carboxylic acids is 1. The molecule has 27 heavy (non-hydrogen) atoms. The van der Waals surface area contributed by atoms with Crippen LogP contribution in [-0.4, -0.2) is 18.1 Å². The van der Waals surface area contributed by atoms with Crippen molar-refractivity contribution in [1.82, 2.24) is 4.98 Å². The summed E-state index contributed by atoms with van der Waals surface area (Å²) in [5.74, 6) is 0.552. The van der Waals surface area contributed by atoms with E-state index in [1.54, 1.807) is 24.1 Å². The molecule has 138 valence electrons. The first-order valence-corrected chi connectivity index (χ1v) is 9.44. The molecule has 1 aromatic heterocycles. The zero-order valence-electron chi connectivity index (χ0n) is 14.7. The van der Waals surface area contributed by atoms with Crippen molar-refractivity contribution in [3.05, 3.63) is 66.1 Å². The summed E-state index contributed by atoms with van der Waals surface area (Å²) in [6.07, 6.45) is 3.84. The van der Waals surface area contributed by atoms with Crippen LogP contribution in [-0.2, 0) is 0 Å². The van der Waals surface area contributed by atoms with Gasteiger partial charge in [-0.2, -0.15) is 0 Å². The standard InChI is InChI=1S/C20H18FN3O2S/c1-24(17-8-3-2-7-16(17)13-9-10-13)20(25)23-19-22-12-18(27-19)26-15-6-4-5-14(21)11-15/h2-8,11-13H,9-10H2,1H3,(H,22,23,25). The van der Waals surface area contributed by atoms with Gasteiger partial charge in [0.1, 0.15) is 11.6 Å². The van der Waals surface area contributed by atoms with Crippen LogP contribution in [0.25, 0.3) is 0 Å². The fourth-order valence-electron chi connectivity index (χ4n) is 2.83. The molecule has 1 aliphatic carbocycles. The second-order valence-corrected chi connectivity index (χ2v) is 7.36. The Bertz CT molecular complexity index is 971. The van der Waals surface area contributed by atoms with Crippen LogP contribution in [0.2, 0.25) is 0 Å². The van der Waals surface area contributed by atoms with E-state index in [9.17, 15) is 9.18 Å². The van der Waals surface area contributed by atoms with Gasteiger partial charge in [0.15, 0.2) is 5.13 Å². The van der Waals surface area contributed by atoms with Crippen molar-refractivity contribution in [1.29, 1.82) is 0 Å². The van der Waals surface area contributed by atoms with E-state index in [0.717, 1.165) is 5.69 Å². The Hall–Kier alpha value is -2.93. The normalized spacial score (nSPS) is 13.3. The van der Waals surface area contributed by atoms with Crippen LogP contribution in [0.15, 0.2) is 54.7 Å². The van der Waals surface area contributed by atoms with Gasteiger partial charge in [-0.15, -0.1) is 0 Å². The molecule has 2 amide bonds. The van der Waals surface area contributed by atoms with E-state index in [4.69, 9.17) is 4.74 Å². The quantitative estimate of drug-likeness (QED) is 0.622. The fraction of sp³-hybridized carbons (Fsp3) is 0.200. The minimum Gasteiger partial charge on any atom is -0.445 e. The van der Waals surface area contributed by atoms with Gasteiger partial charge in [-0.1, -0.05) is 35.6 Å². The molecule has 0 spiro atoms. The molecule has 0 atom stereocenters. The highest BCUT2D eigenvalue weighted by atomic mass is 32.1. The van der Waals surface area contributed by atoms with Gasteiger partial charge in [0, 0.05) is 18.8 Å². The SMILES string of the molecule is CN(C(=O)Nc1ncc(Oc2cccc(F)c2)s1)c1ccccc1C1CC1. The van der Waals surface area contributed by atoms with Crippen molar-refractivity contribution in [2.45, 2.75) is 18.8 Å². The van der Waals surface area contributed by atoms with Crippen LogP contribution < -0.4 is 15.0 Å². The number of ether oxygens (including phenoxy) is 1. The summed E-state index contributed by atoms with van der Waals surface area (Å²) in [4.78, 5) is 18.4. The number of rotatable bonds is 5. The van der Waals surface area contributed by atoms with E-state index >= 15 is 0 Å². The van der Waals surface area contributed by atoms with Gasteiger partial charge in [-0.05, 0) is 42.5 Å². The van der Waals surface area contributed by atoms with Crippen molar-refractivity contribution in [2.24, 2.45) is 0 Å². The van der Waals surface area contributed by atoms with E-state index in [0.29, 0.717) is 21.9 Å². The molecule has 1 aliphatic rings. The van der Waals surface area contributed by atoms with E-state index < -0.39 is 0 Å². The minimum atomic E-state index is -0.374. The van der Waals surface area contributed by atoms with Crippen molar-refractivity contribution in [3.8, 4) is 10.8 Å². The number of urea groups is 1. The fourth-order valence-corrected chi connectivity index (χ4v) is 3.51. The lowest BCUT2D eigenvalue weighted by atomic mass is 10.1. The van der Waals surface area contributed by atoms with E-state index in [-0.39, 0.29) is 11.8 Å². The highest BCUT2D eigenvalue weighted by molar-refractivity contribution is 7.17. The first-order chi connectivity index (χ1) is 13.1. The van der Waals surface area contributed by atoms with Gasteiger partial charge in [-0.3, -0.25) is 10.2 Å². The summed E-state index contributed by atoms with van der Waals surface area (Å²) in [5, 5.41) is 3.67. The Kier molecular flexibility index (Phi) is 4.77. The zero-order chi connectivity index (χ0) is 18.8. The summed E-state index contributed by atoms with van der Waals surface area (Å²) in [7, 11) is 1.74. The highest BCUT2D eigenvalue weighted by Crippen LogP contribution is 2.44. The number of thiazole rings is 1. The lowest BCUT2D eigenvalue weighted by Gasteiger charge is -2.20. The maximum atomic E-state index is 13.2. The van der Waals surface area contributed by atoms with Crippen molar-refractivity contribution >= 4 is 28.2 Å². The topological polar surface area (TPSA) is 54.5 Å². The van der Waals surface area contributed by atoms with Gasteiger partial charge >= 0.3 is 6.03 Å². The number of benzene rings is 2. The van der Waals surface area contributed by atoms with Crippen molar-refractivity contribution < 1.29 is 13.9 Å². The van der Waals surface area contributed by atoms with Crippen molar-refractivity contribution in [2.75, 3.05) is 17.3 Å². The molecule has 1 heterocycles. The first kappa shape index (κ1) is 17.5. The zero-order valence-corrected chi connectivity index (χ0v) is 15.5. The number of amides is 2. The van der Waals surface area contributed by atoms with Gasteiger partial charge < -0.3 is 4.74 Å². The average molecular weight is 383 g/mol. The molecule has 3 aromatic rings. The summed E-state index contributed by atoms with van der Waals surface area (Å²) in [6.45, 7) is 0. The third-order valence-corrected chi connectivity index (χ3v) is 5.12. The van der Waals surface area contributed by atoms with Gasteiger partial charge in [0.05, 0.1) is 6.20 Å².